The largest absolute Gasteiger partial charge is 0.367 e. The molecule has 2 aliphatic rings. The highest BCUT2D eigenvalue weighted by atomic mass is 32.1. The minimum absolute atomic E-state index is 0.0869. The maximum Gasteiger partial charge on any atom is 0.284 e. The zero-order chi connectivity index (χ0) is 20.5. The van der Waals surface area contributed by atoms with Gasteiger partial charge >= 0.3 is 0 Å². The summed E-state index contributed by atoms with van der Waals surface area (Å²) in [6.07, 6.45) is 3.38. The summed E-state index contributed by atoms with van der Waals surface area (Å²) in [6, 6.07) is 9.43. The van der Waals surface area contributed by atoms with Crippen molar-refractivity contribution in [1.82, 2.24) is 15.3 Å². The molecule has 5 rings (SSSR count). The van der Waals surface area contributed by atoms with Gasteiger partial charge in [0, 0.05) is 43.3 Å². The topological polar surface area (TPSA) is 90.5 Å². The van der Waals surface area contributed by atoms with E-state index in [4.69, 9.17) is 0 Å². The first-order valence-electron chi connectivity index (χ1n) is 9.77. The Labute approximate surface area is 177 Å². The minimum atomic E-state index is -0.306. The van der Waals surface area contributed by atoms with E-state index >= 15 is 0 Å². The second-order valence-corrected chi connectivity index (χ2v) is 8.00. The van der Waals surface area contributed by atoms with Crippen LogP contribution in [0.15, 0.2) is 48.1 Å². The van der Waals surface area contributed by atoms with Gasteiger partial charge in [-0.3, -0.25) is 19.5 Å². The zero-order valence-corrected chi connectivity index (χ0v) is 17.0. The minimum Gasteiger partial charge on any atom is -0.367 e. The third-order valence-electron chi connectivity index (χ3n) is 5.29. The first kappa shape index (κ1) is 18.7. The summed E-state index contributed by atoms with van der Waals surface area (Å²) >= 11 is 1.22. The van der Waals surface area contributed by atoms with Crippen LogP contribution in [0, 0.1) is 0 Å². The van der Waals surface area contributed by atoms with Crippen molar-refractivity contribution in [2.45, 2.75) is 6.54 Å². The fourth-order valence-corrected chi connectivity index (χ4v) is 4.47. The van der Waals surface area contributed by atoms with Gasteiger partial charge in [0.15, 0.2) is 5.01 Å². The van der Waals surface area contributed by atoms with Crippen LogP contribution in [0.25, 0.3) is 0 Å². The maximum atomic E-state index is 12.9. The van der Waals surface area contributed by atoms with Crippen molar-refractivity contribution in [1.29, 1.82) is 0 Å². The highest BCUT2D eigenvalue weighted by Crippen LogP contribution is 2.30. The van der Waals surface area contributed by atoms with E-state index in [9.17, 15) is 9.59 Å². The van der Waals surface area contributed by atoms with Gasteiger partial charge in [-0.15, -0.1) is 11.3 Å². The number of benzene rings is 1. The quantitative estimate of drug-likeness (QED) is 0.674. The first-order valence-corrected chi connectivity index (χ1v) is 10.6. The van der Waals surface area contributed by atoms with Crippen molar-refractivity contribution in [2.24, 2.45) is 0 Å². The average molecular weight is 420 g/mol. The molecule has 0 bridgehead atoms. The number of pyridine rings is 1. The molecule has 9 heteroatoms. The van der Waals surface area contributed by atoms with E-state index < -0.39 is 0 Å². The molecule has 2 N–H and O–H groups in total. The molecule has 2 aliphatic heterocycles. The Balaban J connectivity index is 1.33. The highest BCUT2D eigenvalue weighted by molar-refractivity contribution is 7.12. The number of carbonyl (C=O) groups is 2. The third-order valence-corrected chi connectivity index (χ3v) is 6.12. The highest BCUT2D eigenvalue weighted by Gasteiger charge is 2.30. The van der Waals surface area contributed by atoms with Crippen LogP contribution in [0.2, 0.25) is 0 Å². The van der Waals surface area contributed by atoms with Crippen LogP contribution < -0.4 is 20.4 Å². The van der Waals surface area contributed by atoms with Crippen molar-refractivity contribution >= 4 is 40.3 Å². The van der Waals surface area contributed by atoms with Crippen LogP contribution in [0.1, 0.15) is 25.7 Å². The molecular formula is C21H20N6O2S. The van der Waals surface area contributed by atoms with Gasteiger partial charge in [0.25, 0.3) is 11.8 Å². The predicted octanol–water partition coefficient (Wildman–Crippen LogP) is 2.36. The number of hydrogen-bond donors (Lipinski definition) is 2. The molecule has 152 valence electrons. The molecule has 0 saturated carbocycles. The molecule has 0 aliphatic carbocycles. The van der Waals surface area contributed by atoms with Crippen molar-refractivity contribution in [2.75, 3.05) is 41.3 Å². The van der Waals surface area contributed by atoms with Gasteiger partial charge in [-0.05, 0) is 17.7 Å². The Morgan fingerprint density at radius 3 is 2.83 bits per heavy atom. The van der Waals surface area contributed by atoms with Gasteiger partial charge in [0.1, 0.15) is 5.82 Å². The van der Waals surface area contributed by atoms with Crippen LogP contribution in [-0.2, 0) is 6.54 Å². The lowest BCUT2D eigenvalue weighted by molar-refractivity contribution is 0.0991. The number of thiazole rings is 1. The number of piperazine rings is 1. The van der Waals surface area contributed by atoms with Crippen LogP contribution in [-0.4, -0.2) is 48.0 Å². The number of carbonyl (C=O) groups excluding carboxylic acids is 2. The molecule has 1 aromatic carbocycles. The van der Waals surface area contributed by atoms with Gasteiger partial charge in [0.05, 0.1) is 24.1 Å². The molecule has 3 aromatic rings. The van der Waals surface area contributed by atoms with Crippen LogP contribution >= 0.6 is 11.3 Å². The van der Waals surface area contributed by atoms with Gasteiger partial charge in [-0.2, -0.15) is 0 Å². The molecule has 0 radical (unpaired) electrons. The molecule has 4 heterocycles. The van der Waals surface area contributed by atoms with Gasteiger partial charge in [0.2, 0.25) is 0 Å². The zero-order valence-electron chi connectivity index (χ0n) is 16.2. The molecule has 8 nitrogen and oxygen atoms in total. The Kier molecular flexibility index (Phi) is 4.89. The summed E-state index contributed by atoms with van der Waals surface area (Å²) in [7, 11) is 0. The molecule has 0 spiro atoms. The third kappa shape index (κ3) is 3.42. The number of fused-ring (bicyclic) bond motifs is 1. The van der Waals surface area contributed by atoms with E-state index in [1.165, 1.54) is 11.3 Å². The standard InChI is InChI=1S/C21H20N6O2S/c28-19(24-16-11-23-6-5-17(16)26-9-7-22-8-10-26)20-25-18(13-30-20)27-12-14-3-1-2-4-15(14)21(27)29/h1-6,11,13,22H,7-10,12H2,(H,24,28). The fourth-order valence-electron chi connectivity index (χ4n) is 3.77. The van der Waals surface area contributed by atoms with Gasteiger partial charge in [-0.1, -0.05) is 18.2 Å². The second kappa shape index (κ2) is 7.85. The molecule has 2 amide bonds. The number of rotatable bonds is 4. The summed E-state index contributed by atoms with van der Waals surface area (Å²) < 4.78 is 0. The first-order chi connectivity index (χ1) is 14.7. The monoisotopic (exact) mass is 420 g/mol. The lowest BCUT2D eigenvalue weighted by atomic mass is 10.1. The summed E-state index contributed by atoms with van der Waals surface area (Å²) in [6.45, 7) is 4.00. The van der Waals surface area contributed by atoms with Gasteiger partial charge < -0.3 is 15.5 Å². The molecular weight excluding hydrogens is 400 g/mol. The average Bonchev–Trinajstić information content (AvgIpc) is 3.40. The number of amides is 2. The van der Waals surface area contributed by atoms with Crippen molar-refractivity contribution < 1.29 is 9.59 Å². The fraction of sp³-hybridized carbons (Fsp3) is 0.238. The van der Waals surface area contributed by atoms with E-state index in [1.807, 2.05) is 30.3 Å². The van der Waals surface area contributed by atoms with E-state index in [0.717, 1.165) is 37.4 Å². The molecule has 1 saturated heterocycles. The normalized spacial score (nSPS) is 15.9. The molecule has 0 atom stereocenters. The predicted molar refractivity (Wildman–Crippen MR) is 116 cm³/mol. The smallest absolute Gasteiger partial charge is 0.284 e. The van der Waals surface area contributed by atoms with Crippen molar-refractivity contribution in [3.8, 4) is 0 Å². The number of aromatic nitrogens is 2. The van der Waals surface area contributed by atoms with E-state index in [-0.39, 0.29) is 11.8 Å². The lowest BCUT2D eigenvalue weighted by Crippen LogP contribution is -2.43. The summed E-state index contributed by atoms with van der Waals surface area (Å²) in [5.74, 6) is 0.107. The van der Waals surface area contributed by atoms with Gasteiger partial charge in [-0.25, -0.2) is 4.98 Å². The molecule has 2 aromatic heterocycles. The van der Waals surface area contributed by atoms with E-state index in [1.54, 1.807) is 22.7 Å². The molecule has 1 fully saturated rings. The number of nitrogens with one attached hydrogen (secondary N) is 2. The summed E-state index contributed by atoms with van der Waals surface area (Å²) in [4.78, 5) is 37.9. The Morgan fingerprint density at radius 2 is 2.00 bits per heavy atom. The molecule has 0 unspecified atom stereocenters. The van der Waals surface area contributed by atoms with Crippen LogP contribution in [0.3, 0.4) is 0 Å². The van der Waals surface area contributed by atoms with Crippen molar-refractivity contribution in [3.05, 3.63) is 64.2 Å². The number of nitrogens with zero attached hydrogens (tertiary/aromatic N) is 4. The van der Waals surface area contributed by atoms with Crippen LogP contribution in [0.5, 0.6) is 0 Å². The Morgan fingerprint density at radius 1 is 1.17 bits per heavy atom. The Bertz CT molecular complexity index is 1110. The Hall–Kier alpha value is -3.30. The lowest BCUT2D eigenvalue weighted by Gasteiger charge is -2.30. The number of anilines is 3. The van der Waals surface area contributed by atoms with Crippen LogP contribution in [0.4, 0.5) is 17.2 Å². The second-order valence-electron chi connectivity index (χ2n) is 7.14. The SMILES string of the molecule is O=C(Nc1cnccc1N1CCNCC1)c1nc(N2Cc3ccccc3C2=O)cs1. The maximum absolute atomic E-state index is 12.9. The van der Waals surface area contributed by atoms with Crippen molar-refractivity contribution in [3.63, 3.8) is 0 Å². The summed E-state index contributed by atoms with van der Waals surface area (Å²) in [5, 5.41) is 8.32. The van der Waals surface area contributed by atoms with E-state index in [2.05, 4.69) is 25.5 Å². The molecule has 30 heavy (non-hydrogen) atoms. The summed E-state index contributed by atoms with van der Waals surface area (Å²) in [5.41, 5.74) is 3.26. The van der Waals surface area contributed by atoms with E-state index in [0.29, 0.717) is 28.6 Å². The number of hydrogen-bond acceptors (Lipinski definition) is 7.